The highest BCUT2D eigenvalue weighted by Gasteiger charge is 2.22. The van der Waals surface area contributed by atoms with Crippen LogP contribution in [0.3, 0.4) is 0 Å². The molecule has 0 amide bonds. The molecule has 0 aliphatic heterocycles. The number of esters is 1. The molecular weight excluding hydrogens is 256 g/mol. The number of hydrogen-bond donors (Lipinski definition) is 0. The normalized spacial score (nSPS) is 16.3. The number of carbonyl (C=O) groups excluding carboxylic acids is 1. The molecule has 2 rings (SSSR count). The SMILES string of the molecule is COC(=O)c1cccc(OC)c1OC1CCCCCC1. The summed E-state index contributed by atoms with van der Waals surface area (Å²) in [5.41, 5.74) is 0.427. The average Bonchev–Trinajstić information content (AvgIpc) is 2.75. The molecule has 4 nitrogen and oxygen atoms in total. The lowest BCUT2D eigenvalue weighted by Crippen LogP contribution is -2.18. The third kappa shape index (κ3) is 3.44. The number of ether oxygens (including phenoxy) is 3. The van der Waals surface area contributed by atoms with Crippen LogP contribution in [0.15, 0.2) is 18.2 Å². The van der Waals surface area contributed by atoms with Crippen molar-refractivity contribution in [2.24, 2.45) is 0 Å². The topological polar surface area (TPSA) is 44.8 Å². The van der Waals surface area contributed by atoms with E-state index >= 15 is 0 Å². The van der Waals surface area contributed by atoms with Gasteiger partial charge in [0.25, 0.3) is 0 Å². The molecule has 0 atom stereocenters. The summed E-state index contributed by atoms with van der Waals surface area (Å²) in [6.07, 6.45) is 7.07. The van der Waals surface area contributed by atoms with Crippen LogP contribution in [0.25, 0.3) is 0 Å². The second-order valence-corrected chi connectivity index (χ2v) is 5.06. The van der Waals surface area contributed by atoms with Gasteiger partial charge in [0, 0.05) is 0 Å². The lowest BCUT2D eigenvalue weighted by Gasteiger charge is -2.20. The molecule has 0 unspecified atom stereocenters. The third-order valence-electron chi connectivity index (χ3n) is 3.69. The van der Waals surface area contributed by atoms with Crippen LogP contribution in [0, 0.1) is 0 Å². The summed E-state index contributed by atoms with van der Waals surface area (Å²) in [7, 11) is 2.95. The molecule has 1 aromatic carbocycles. The van der Waals surface area contributed by atoms with E-state index in [4.69, 9.17) is 14.2 Å². The molecule has 110 valence electrons. The van der Waals surface area contributed by atoms with Gasteiger partial charge < -0.3 is 14.2 Å². The van der Waals surface area contributed by atoms with E-state index in [-0.39, 0.29) is 6.10 Å². The molecule has 0 N–H and O–H groups in total. The number of hydrogen-bond acceptors (Lipinski definition) is 4. The van der Waals surface area contributed by atoms with Gasteiger partial charge in [0.1, 0.15) is 5.56 Å². The fraction of sp³-hybridized carbons (Fsp3) is 0.562. The van der Waals surface area contributed by atoms with Crippen LogP contribution in [0.1, 0.15) is 48.9 Å². The Morgan fingerprint density at radius 3 is 2.40 bits per heavy atom. The Labute approximate surface area is 120 Å². The zero-order valence-electron chi connectivity index (χ0n) is 12.2. The predicted octanol–water partition coefficient (Wildman–Crippen LogP) is 3.58. The predicted molar refractivity (Wildman–Crippen MR) is 76.5 cm³/mol. The molecule has 1 fully saturated rings. The highest BCUT2D eigenvalue weighted by Crippen LogP contribution is 2.34. The van der Waals surface area contributed by atoms with Crippen LogP contribution in [0.4, 0.5) is 0 Å². The zero-order chi connectivity index (χ0) is 14.4. The first-order valence-corrected chi connectivity index (χ1v) is 7.18. The molecule has 0 spiro atoms. The van der Waals surface area contributed by atoms with E-state index in [1.165, 1.54) is 32.8 Å². The Balaban J connectivity index is 2.25. The highest BCUT2D eigenvalue weighted by atomic mass is 16.5. The number of benzene rings is 1. The van der Waals surface area contributed by atoms with Crippen molar-refractivity contribution in [3.63, 3.8) is 0 Å². The fourth-order valence-electron chi connectivity index (χ4n) is 2.60. The minimum atomic E-state index is -0.396. The van der Waals surface area contributed by atoms with Crippen molar-refractivity contribution in [2.75, 3.05) is 14.2 Å². The Morgan fingerprint density at radius 2 is 1.80 bits per heavy atom. The van der Waals surface area contributed by atoms with Gasteiger partial charge in [-0.3, -0.25) is 0 Å². The largest absolute Gasteiger partial charge is 0.493 e. The van der Waals surface area contributed by atoms with E-state index in [1.54, 1.807) is 25.3 Å². The van der Waals surface area contributed by atoms with E-state index in [0.29, 0.717) is 17.1 Å². The van der Waals surface area contributed by atoms with Gasteiger partial charge in [-0.15, -0.1) is 0 Å². The first-order valence-electron chi connectivity index (χ1n) is 7.18. The van der Waals surface area contributed by atoms with Crippen molar-refractivity contribution in [3.05, 3.63) is 23.8 Å². The molecule has 0 bridgehead atoms. The summed E-state index contributed by atoms with van der Waals surface area (Å²) < 4.78 is 16.2. The minimum absolute atomic E-state index is 0.150. The summed E-state index contributed by atoms with van der Waals surface area (Å²) in [6.45, 7) is 0. The smallest absolute Gasteiger partial charge is 0.341 e. The number of carbonyl (C=O) groups is 1. The fourth-order valence-corrected chi connectivity index (χ4v) is 2.60. The Bertz CT molecular complexity index is 448. The monoisotopic (exact) mass is 278 g/mol. The lowest BCUT2D eigenvalue weighted by molar-refractivity contribution is 0.0591. The summed E-state index contributed by atoms with van der Waals surface area (Å²) in [6, 6.07) is 5.28. The van der Waals surface area contributed by atoms with E-state index < -0.39 is 5.97 Å². The van der Waals surface area contributed by atoms with Crippen LogP contribution < -0.4 is 9.47 Å². The van der Waals surface area contributed by atoms with Crippen LogP contribution in [-0.2, 0) is 4.74 Å². The van der Waals surface area contributed by atoms with Gasteiger partial charge in [0.2, 0.25) is 0 Å². The molecule has 20 heavy (non-hydrogen) atoms. The molecule has 1 aromatic rings. The van der Waals surface area contributed by atoms with Crippen LogP contribution in [0.5, 0.6) is 11.5 Å². The van der Waals surface area contributed by atoms with E-state index in [1.807, 2.05) is 0 Å². The summed E-state index contributed by atoms with van der Waals surface area (Å²) >= 11 is 0. The van der Waals surface area contributed by atoms with Crippen molar-refractivity contribution in [1.29, 1.82) is 0 Å². The first kappa shape index (κ1) is 14.7. The molecule has 0 heterocycles. The van der Waals surface area contributed by atoms with Gasteiger partial charge in [-0.25, -0.2) is 4.79 Å². The Hall–Kier alpha value is -1.71. The Morgan fingerprint density at radius 1 is 1.10 bits per heavy atom. The quantitative estimate of drug-likeness (QED) is 0.623. The minimum Gasteiger partial charge on any atom is -0.493 e. The molecule has 0 radical (unpaired) electrons. The zero-order valence-corrected chi connectivity index (χ0v) is 12.2. The molecule has 0 saturated heterocycles. The maximum absolute atomic E-state index is 11.9. The number of para-hydroxylation sites is 1. The second kappa shape index (κ2) is 7.17. The molecule has 1 aliphatic carbocycles. The van der Waals surface area contributed by atoms with Gasteiger partial charge in [0.15, 0.2) is 11.5 Å². The van der Waals surface area contributed by atoms with Gasteiger partial charge in [-0.2, -0.15) is 0 Å². The van der Waals surface area contributed by atoms with Gasteiger partial charge >= 0.3 is 5.97 Å². The summed E-state index contributed by atoms with van der Waals surface area (Å²) in [5.74, 6) is 0.693. The van der Waals surface area contributed by atoms with E-state index in [0.717, 1.165) is 12.8 Å². The number of rotatable bonds is 4. The number of methoxy groups -OCH3 is 2. The van der Waals surface area contributed by atoms with Crippen molar-refractivity contribution in [3.8, 4) is 11.5 Å². The van der Waals surface area contributed by atoms with Gasteiger partial charge in [0.05, 0.1) is 20.3 Å². The molecule has 1 aliphatic rings. The van der Waals surface area contributed by atoms with Crippen molar-refractivity contribution >= 4 is 5.97 Å². The van der Waals surface area contributed by atoms with Crippen molar-refractivity contribution in [1.82, 2.24) is 0 Å². The molecule has 1 saturated carbocycles. The molecule has 4 heteroatoms. The van der Waals surface area contributed by atoms with Crippen molar-refractivity contribution < 1.29 is 19.0 Å². The lowest BCUT2D eigenvalue weighted by atomic mass is 10.1. The van der Waals surface area contributed by atoms with Gasteiger partial charge in [-0.1, -0.05) is 18.9 Å². The third-order valence-corrected chi connectivity index (χ3v) is 3.69. The van der Waals surface area contributed by atoms with Crippen LogP contribution in [0.2, 0.25) is 0 Å². The second-order valence-electron chi connectivity index (χ2n) is 5.06. The highest BCUT2D eigenvalue weighted by molar-refractivity contribution is 5.93. The molecular formula is C16H22O4. The maximum atomic E-state index is 11.9. The maximum Gasteiger partial charge on any atom is 0.341 e. The van der Waals surface area contributed by atoms with Crippen LogP contribution >= 0.6 is 0 Å². The van der Waals surface area contributed by atoms with Crippen LogP contribution in [-0.4, -0.2) is 26.3 Å². The summed E-state index contributed by atoms with van der Waals surface area (Å²) in [5, 5.41) is 0. The summed E-state index contributed by atoms with van der Waals surface area (Å²) in [4.78, 5) is 11.9. The standard InChI is InChI=1S/C16H22O4/c1-18-14-11-7-10-13(16(17)19-2)15(14)20-12-8-5-3-4-6-9-12/h7,10-12H,3-6,8-9H2,1-2H3. The van der Waals surface area contributed by atoms with Gasteiger partial charge in [-0.05, 0) is 37.8 Å². The Kier molecular flexibility index (Phi) is 5.27. The molecule has 0 aromatic heterocycles. The van der Waals surface area contributed by atoms with Crippen molar-refractivity contribution in [2.45, 2.75) is 44.6 Å². The average molecular weight is 278 g/mol. The van der Waals surface area contributed by atoms with E-state index in [2.05, 4.69) is 0 Å². The van der Waals surface area contributed by atoms with E-state index in [9.17, 15) is 4.79 Å². The first-order chi connectivity index (χ1) is 9.76.